The maximum absolute atomic E-state index is 12.9. The quantitative estimate of drug-likeness (QED) is 0.677. The first-order valence-corrected chi connectivity index (χ1v) is 8.95. The van der Waals surface area contributed by atoms with Crippen LogP contribution in [0.15, 0.2) is 29.9 Å². The molecule has 1 saturated heterocycles. The number of carbonyl (C=O) groups excluding carboxylic acids is 1. The second-order valence-corrected chi connectivity index (χ2v) is 7.48. The highest BCUT2D eigenvalue weighted by atomic mass is 35.5. The molecule has 4 rings (SSSR count). The fourth-order valence-corrected chi connectivity index (χ4v) is 4.05. The molecule has 0 unspecified atom stereocenters. The molecule has 1 fully saturated rings. The van der Waals surface area contributed by atoms with E-state index in [2.05, 4.69) is 4.98 Å². The van der Waals surface area contributed by atoms with Gasteiger partial charge in [-0.15, -0.1) is 11.3 Å². The van der Waals surface area contributed by atoms with Crippen LogP contribution < -0.4 is 0 Å². The number of pyridine rings is 1. The summed E-state index contributed by atoms with van der Waals surface area (Å²) in [5.74, 6) is -0.123. The second-order valence-electron chi connectivity index (χ2n) is 5.72. The minimum absolute atomic E-state index is 0.117. The van der Waals surface area contributed by atoms with Crippen LogP contribution in [0.3, 0.4) is 0 Å². The van der Waals surface area contributed by atoms with Crippen LogP contribution in [0.25, 0.3) is 21.5 Å². The fourth-order valence-electron chi connectivity index (χ4n) is 2.73. The van der Waals surface area contributed by atoms with E-state index in [0.29, 0.717) is 15.6 Å². The van der Waals surface area contributed by atoms with Gasteiger partial charge in [0.05, 0.1) is 28.7 Å². The van der Waals surface area contributed by atoms with Gasteiger partial charge in [-0.25, -0.2) is 4.39 Å². The molecule has 24 heavy (non-hydrogen) atoms. The maximum atomic E-state index is 12.9. The predicted octanol–water partition coefficient (Wildman–Crippen LogP) is 4.25. The van der Waals surface area contributed by atoms with Crippen molar-refractivity contribution in [2.45, 2.75) is 12.7 Å². The van der Waals surface area contributed by atoms with Gasteiger partial charge in [-0.3, -0.25) is 9.78 Å². The van der Waals surface area contributed by atoms with Crippen molar-refractivity contribution < 1.29 is 9.18 Å². The molecule has 0 aromatic carbocycles. The molecular weight excluding hydrogens is 372 g/mol. The second kappa shape index (κ2) is 6.02. The number of fused-ring (bicyclic) bond motifs is 1. The molecule has 1 aliphatic heterocycles. The Hall–Kier alpha value is -1.63. The number of thiophene rings is 1. The van der Waals surface area contributed by atoms with E-state index in [1.54, 1.807) is 17.0 Å². The number of likely N-dealkylation sites (tertiary alicyclic amines) is 1. The lowest BCUT2D eigenvalue weighted by Crippen LogP contribution is -2.52. The zero-order valence-corrected chi connectivity index (χ0v) is 14.7. The van der Waals surface area contributed by atoms with E-state index in [4.69, 9.17) is 23.2 Å². The smallest absolute Gasteiger partial charge is 0.242 e. The van der Waals surface area contributed by atoms with Gasteiger partial charge < -0.3 is 9.47 Å². The Bertz CT molecular complexity index is 933. The molecular formula is C16H12Cl2FN3OS. The summed E-state index contributed by atoms with van der Waals surface area (Å²) >= 11 is 13.7. The van der Waals surface area contributed by atoms with Crippen molar-refractivity contribution in [1.29, 1.82) is 0 Å². The Labute approximate surface area is 151 Å². The van der Waals surface area contributed by atoms with Crippen LogP contribution in [0.5, 0.6) is 0 Å². The first kappa shape index (κ1) is 15.9. The minimum Gasteiger partial charge on any atom is -0.335 e. The first-order valence-electron chi connectivity index (χ1n) is 7.32. The van der Waals surface area contributed by atoms with E-state index in [9.17, 15) is 9.18 Å². The van der Waals surface area contributed by atoms with Crippen molar-refractivity contribution in [3.63, 3.8) is 0 Å². The summed E-state index contributed by atoms with van der Waals surface area (Å²) in [6.07, 6.45) is 2.52. The number of aromatic nitrogens is 2. The van der Waals surface area contributed by atoms with Crippen molar-refractivity contribution >= 4 is 51.5 Å². The monoisotopic (exact) mass is 383 g/mol. The third-order valence-electron chi connectivity index (χ3n) is 4.02. The maximum Gasteiger partial charge on any atom is 0.242 e. The van der Waals surface area contributed by atoms with E-state index in [0.717, 1.165) is 16.0 Å². The Kier molecular flexibility index (Phi) is 3.98. The van der Waals surface area contributed by atoms with Crippen LogP contribution in [-0.4, -0.2) is 39.6 Å². The number of alkyl halides is 1. The van der Waals surface area contributed by atoms with Crippen LogP contribution in [-0.2, 0) is 11.3 Å². The van der Waals surface area contributed by atoms with Gasteiger partial charge in [0, 0.05) is 28.2 Å². The molecule has 0 atom stereocenters. The first-order chi connectivity index (χ1) is 11.5. The lowest BCUT2D eigenvalue weighted by Gasteiger charge is -2.34. The fraction of sp³-hybridized carbons (Fsp3) is 0.250. The Morgan fingerprint density at radius 3 is 2.83 bits per heavy atom. The van der Waals surface area contributed by atoms with Gasteiger partial charge in [0.25, 0.3) is 0 Å². The molecule has 1 aliphatic rings. The normalized spacial score (nSPS) is 15.0. The Morgan fingerprint density at radius 1 is 1.38 bits per heavy atom. The SMILES string of the molecule is O=C(Cn1cc(Cl)c2ncc(-c3cc(Cl)cs3)cc21)N1CC(F)C1. The number of hydrogen-bond donors (Lipinski definition) is 0. The van der Waals surface area contributed by atoms with E-state index in [1.807, 2.05) is 17.5 Å². The van der Waals surface area contributed by atoms with Crippen LogP contribution in [0.2, 0.25) is 10.0 Å². The summed E-state index contributed by atoms with van der Waals surface area (Å²) in [5.41, 5.74) is 2.33. The van der Waals surface area contributed by atoms with Crippen molar-refractivity contribution in [3.05, 3.63) is 40.0 Å². The van der Waals surface area contributed by atoms with Crippen molar-refractivity contribution in [2.24, 2.45) is 0 Å². The lowest BCUT2D eigenvalue weighted by molar-refractivity contribution is -0.138. The van der Waals surface area contributed by atoms with Gasteiger partial charge in [-0.05, 0) is 12.1 Å². The molecule has 4 heterocycles. The van der Waals surface area contributed by atoms with Crippen LogP contribution in [0.1, 0.15) is 0 Å². The molecule has 0 radical (unpaired) electrons. The van der Waals surface area contributed by atoms with E-state index < -0.39 is 6.17 Å². The van der Waals surface area contributed by atoms with Crippen molar-refractivity contribution in [2.75, 3.05) is 13.1 Å². The third-order valence-corrected chi connectivity index (χ3v) is 5.62. The molecule has 4 nitrogen and oxygen atoms in total. The zero-order valence-electron chi connectivity index (χ0n) is 12.4. The van der Waals surface area contributed by atoms with E-state index in [-0.39, 0.29) is 25.5 Å². The van der Waals surface area contributed by atoms with Gasteiger partial charge in [0.2, 0.25) is 5.91 Å². The van der Waals surface area contributed by atoms with Gasteiger partial charge in [0.1, 0.15) is 18.2 Å². The van der Waals surface area contributed by atoms with Gasteiger partial charge in [-0.1, -0.05) is 23.2 Å². The standard InChI is InChI=1S/C16H12Cl2FN3OS/c17-10-2-14(24-8-10)9-1-13-16(20-3-9)12(18)6-21(13)7-15(23)22-4-11(19)5-22/h1-3,6,8,11H,4-5,7H2. The molecule has 3 aromatic rings. The topological polar surface area (TPSA) is 38.1 Å². The number of halogens is 3. The van der Waals surface area contributed by atoms with E-state index >= 15 is 0 Å². The number of hydrogen-bond acceptors (Lipinski definition) is 3. The predicted molar refractivity (Wildman–Crippen MR) is 94.5 cm³/mol. The van der Waals surface area contributed by atoms with Crippen LogP contribution in [0, 0.1) is 0 Å². The van der Waals surface area contributed by atoms with Crippen LogP contribution in [0.4, 0.5) is 4.39 Å². The van der Waals surface area contributed by atoms with Crippen molar-refractivity contribution in [1.82, 2.24) is 14.5 Å². The average molecular weight is 384 g/mol. The largest absolute Gasteiger partial charge is 0.335 e. The summed E-state index contributed by atoms with van der Waals surface area (Å²) in [6.45, 7) is 0.457. The summed E-state index contributed by atoms with van der Waals surface area (Å²) in [6, 6.07) is 3.81. The number of rotatable bonds is 3. The van der Waals surface area contributed by atoms with E-state index in [1.165, 1.54) is 16.2 Å². The summed E-state index contributed by atoms with van der Waals surface area (Å²) in [5, 5.41) is 3.02. The highest BCUT2D eigenvalue weighted by molar-refractivity contribution is 7.14. The molecule has 0 aliphatic carbocycles. The molecule has 3 aromatic heterocycles. The molecule has 0 spiro atoms. The molecule has 8 heteroatoms. The van der Waals surface area contributed by atoms with Crippen molar-refractivity contribution in [3.8, 4) is 10.4 Å². The van der Waals surface area contributed by atoms with Gasteiger partial charge in [-0.2, -0.15) is 0 Å². The lowest BCUT2D eigenvalue weighted by atomic mass is 10.2. The molecule has 0 N–H and O–H groups in total. The summed E-state index contributed by atoms with van der Waals surface area (Å²) < 4.78 is 14.7. The number of amides is 1. The van der Waals surface area contributed by atoms with Gasteiger partial charge >= 0.3 is 0 Å². The highest BCUT2D eigenvalue weighted by Crippen LogP contribution is 2.33. The molecule has 0 saturated carbocycles. The molecule has 1 amide bonds. The highest BCUT2D eigenvalue weighted by Gasteiger charge is 2.30. The Morgan fingerprint density at radius 2 is 2.17 bits per heavy atom. The Balaban J connectivity index is 1.68. The number of nitrogens with zero attached hydrogens (tertiary/aromatic N) is 3. The minimum atomic E-state index is -0.907. The average Bonchev–Trinajstić information content (AvgIpc) is 3.08. The van der Waals surface area contributed by atoms with Crippen LogP contribution >= 0.6 is 34.5 Å². The number of carbonyl (C=O) groups is 1. The molecule has 124 valence electrons. The zero-order chi connectivity index (χ0) is 16.8. The summed E-state index contributed by atoms with van der Waals surface area (Å²) in [4.78, 5) is 19.1. The molecule has 0 bridgehead atoms. The van der Waals surface area contributed by atoms with Gasteiger partial charge in [0.15, 0.2) is 0 Å². The third kappa shape index (κ3) is 2.79. The summed E-state index contributed by atoms with van der Waals surface area (Å²) in [7, 11) is 0.